The van der Waals surface area contributed by atoms with Crippen molar-refractivity contribution in [3.63, 3.8) is 0 Å². The standard InChI is InChI=1S/C19H26FN3O3.HI/c1-4-21-18(23-13-19(2,24)17-6-5-11-26-17)22-12-16(25-3)14-7-9-15(20)10-8-14;/h5-11,16,24H,4,12-13H2,1-3H3,(H2,21,22,23);1H. The SMILES string of the molecule is CCNC(=NCC(C)(O)c1ccco1)NCC(OC)c1ccc(F)cc1.I. The number of aliphatic hydroxyl groups is 1. The number of aliphatic imine (C=N–C) groups is 1. The summed E-state index contributed by atoms with van der Waals surface area (Å²) in [5.74, 6) is 0.716. The molecule has 3 N–H and O–H groups in total. The summed E-state index contributed by atoms with van der Waals surface area (Å²) >= 11 is 0. The van der Waals surface area contributed by atoms with Crippen LogP contribution in [0.5, 0.6) is 0 Å². The van der Waals surface area contributed by atoms with E-state index in [4.69, 9.17) is 9.15 Å². The molecule has 0 aliphatic heterocycles. The Kier molecular flexibility index (Phi) is 9.75. The van der Waals surface area contributed by atoms with E-state index in [2.05, 4.69) is 15.6 Å². The minimum atomic E-state index is -1.20. The lowest BCUT2D eigenvalue weighted by molar-refractivity contribution is 0.0436. The largest absolute Gasteiger partial charge is 0.466 e. The van der Waals surface area contributed by atoms with Gasteiger partial charge in [-0.2, -0.15) is 0 Å². The molecule has 0 amide bonds. The summed E-state index contributed by atoms with van der Waals surface area (Å²) in [5.41, 5.74) is -0.344. The van der Waals surface area contributed by atoms with E-state index in [1.165, 1.54) is 18.4 Å². The molecule has 0 saturated heterocycles. The van der Waals surface area contributed by atoms with E-state index in [-0.39, 0.29) is 42.4 Å². The maximum atomic E-state index is 13.1. The highest BCUT2D eigenvalue weighted by Crippen LogP contribution is 2.21. The first-order chi connectivity index (χ1) is 12.5. The fourth-order valence-electron chi connectivity index (χ4n) is 2.44. The zero-order valence-corrected chi connectivity index (χ0v) is 18.1. The number of rotatable bonds is 8. The Morgan fingerprint density at radius 1 is 1.30 bits per heavy atom. The van der Waals surface area contributed by atoms with Crippen LogP contribution in [0.1, 0.15) is 31.3 Å². The first kappa shape index (κ1) is 23.4. The summed E-state index contributed by atoms with van der Waals surface area (Å²) in [4.78, 5) is 4.42. The van der Waals surface area contributed by atoms with Gasteiger partial charge in [0.25, 0.3) is 0 Å². The number of furan rings is 1. The van der Waals surface area contributed by atoms with E-state index in [1.807, 2.05) is 6.92 Å². The summed E-state index contributed by atoms with van der Waals surface area (Å²) in [7, 11) is 1.60. The minimum absolute atomic E-state index is 0. The van der Waals surface area contributed by atoms with E-state index in [0.717, 1.165) is 5.56 Å². The van der Waals surface area contributed by atoms with Crippen LogP contribution in [0.2, 0.25) is 0 Å². The maximum absolute atomic E-state index is 13.1. The van der Waals surface area contributed by atoms with Crippen LogP contribution in [0, 0.1) is 5.82 Å². The lowest BCUT2D eigenvalue weighted by Crippen LogP contribution is -2.40. The number of halogens is 2. The molecule has 0 saturated carbocycles. The molecule has 0 fully saturated rings. The number of nitrogens with zero attached hydrogens (tertiary/aromatic N) is 1. The summed E-state index contributed by atoms with van der Waals surface area (Å²) < 4.78 is 23.8. The average molecular weight is 491 g/mol. The predicted octanol–water partition coefficient (Wildman–Crippen LogP) is 3.19. The van der Waals surface area contributed by atoms with E-state index >= 15 is 0 Å². The van der Waals surface area contributed by atoms with Gasteiger partial charge in [0.1, 0.15) is 17.2 Å². The van der Waals surface area contributed by atoms with Gasteiger partial charge in [0, 0.05) is 20.2 Å². The number of methoxy groups -OCH3 is 1. The Balaban J connectivity index is 0.00000364. The van der Waals surface area contributed by atoms with Crippen molar-refractivity contribution in [1.29, 1.82) is 0 Å². The van der Waals surface area contributed by atoms with E-state index in [9.17, 15) is 9.50 Å². The quantitative estimate of drug-likeness (QED) is 0.301. The Bertz CT molecular complexity index is 691. The molecular weight excluding hydrogens is 464 g/mol. The molecule has 2 atom stereocenters. The molecule has 1 aromatic heterocycles. The third-order valence-electron chi connectivity index (χ3n) is 3.92. The molecule has 8 heteroatoms. The van der Waals surface area contributed by atoms with Crippen LogP contribution in [0.15, 0.2) is 52.1 Å². The van der Waals surface area contributed by atoms with Crippen molar-refractivity contribution in [3.05, 3.63) is 59.8 Å². The summed E-state index contributed by atoms with van der Waals surface area (Å²) in [5, 5.41) is 16.8. The Morgan fingerprint density at radius 2 is 2.00 bits per heavy atom. The van der Waals surface area contributed by atoms with Crippen LogP contribution in [0.4, 0.5) is 4.39 Å². The van der Waals surface area contributed by atoms with Gasteiger partial charge in [-0.05, 0) is 43.7 Å². The second-order valence-electron chi connectivity index (χ2n) is 6.10. The maximum Gasteiger partial charge on any atom is 0.191 e. The molecule has 2 rings (SSSR count). The summed E-state index contributed by atoms with van der Waals surface area (Å²) in [6.07, 6.45) is 1.26. The third kappa shape index (κ3) is 7.11. The number of hydrogen-bond donors (Lipinski definition) is 3. The van der Waals surface area contributed by atoms with Gasteiger partial charge in [0.15, 0.2) is 5.96 Å². The molecule has 1 aromatic carbocycles. The molecule has 0 aliphatic rings. The van der Waals surface area contributed by atoms with Crippen LogP contribution < -0.4 is 10.6 Å². The van der Waals surface area contributed by atoms with Crippen LogP contribution in [-0.2, 0) is 10.3 Å². The molecule has 2 aromatic rings. The van der Waals surface area contributed by atoms with Crippen molar-refractivity contribution in [1.82, 2.24) is 10.6 Å². The van der Waals surface area contributed by atoms with Gasteiger partial charge in [-0.15, -0.1) is 24.0 Å². The Hall–Kier alpha value is -1.65. The normalized spacial score (nSPS) is 14.8. The van der Waals surface area contributed by atoms with Gasteiger partial charge in [0.2, 0.25) is 0 Å². The highest BCUT2D eigenvalue weighted by atomic mass is 127. The predicted molar refractivity (Wildman–Crippen MR) is 114 cm³/mol. The highest BCUT2D eigenvalue weighted by Gasteiger charge is 2.26. The zero-order valence-electron chi connectivity index (χ0n) is 15.7. The zero-order chi connectivity index (χ0) is 19.0. The van der Waals surface area contributed by atoms with Crippen molar-refractivity contribution in [2.24, 2.45) is 4.99 Å². The molecule has 6 nitrogen and oxygen atoms in total. The fraction of sp³-hybridized carbons (Fsp3) is 0.421. The molecule has 2 unspecified atom stereocenters. The van der Waals surface area contributed by atoms with Gasteiger partial charge in [-0.25, -0.2) is 9.38 Å². The van der Waals surface area contributed by atoms with Crippen LogP contribution in [0.3, 0.4) is 0 Å². The van der Waals surface area contributed by atoms with Crippen molar-refractivity contribution >= 4 is 29.9 Å². The van der Waals surface area contributed by atoms with Crippen molar-refractivity contribution in [3.8, 4) is 0 Å². The molecule has 0 spiro atoms. The van der Waals surface area contributed by atoms with Gasteiger partial charge >= 0.3 is 0 Å². The summed E-state index contributed by atoms with van der Waals surface area (Å²) in [6.45, 7) is 4.84. The second kappa shape index (κ2) is 11.3. The monoisotopic (exact) mass is 491 g/mol. The van der Waals surface area contributed by atoms with Crippen molar-refractivity contribution < 1.29 is 18.7 Å². The molecule has 0 aliphatic carbocycles. The Morgan fingerprint density at radius 3 is 2.56 bits per heavy atom. The molecule has 27 heavy (non-hydrogen) atoms. The third-order valence-corrected chi connectivity index (χ3v) is 3.92. The first-order valence-corrected chi connectivity index (χ1v) is 8.53. The van der Waals surface area contributed by atoms with Crippen molar-refractivity contribution in [2.45, 2.75) is 25.6 Å². The van der Waals surface area contributed by atoms with E-state index in [0.29, 0.717) is 24.8 Å². The smallest absolute Gasteiger partial charge is 0.191 e. The highest BCUT2D eigenvalue weighted by molar-refractivity contribution is 14.0. The lowest BCUT2D eigenvalue weighted by Gasteiger charge is -2.21. The molecule has 150 valence electrons. The number of benzene rings is 1. The van der Waals surface area contributed by atoms with Gasteiger partial charge in [-0.3, -0.25) is 0 Å². The van der Waals surface area contributed by atoms with Crippen LogP contribution in [0.25, 0.3) is 0 Å². The van der Waals surface area contributed by atoms with E-state index < -0.39 is 5.60 Å². The van der Waals surface area contributed by atoms with Crippen LogP contribution >= 0.6 is 24.0 Å². The topological polar surface area (TPSA) is 79.0 Å². The molecule has 0 radical (unpaired) electrons. The van der Waals surface area contributed by atoms with Crippen LogP contribution in [-0.4, -0.2) is 37.8 Å². The van der Waals surface area contributed by atoms with Gasteiger partial charge in [0.05, 0.1) is 18.9 Å². The molecule has 1 heterocycles. The fourth-order valence-corrected chi connectivity index (χ4v) is 2.44. The average Bonchev–Trinajstić information content (AvgIpc) is 3.17. The minimum Gasteiger partial charge on any atom is -0.466 e. The number of hydrogen-bond acceptors (Lipinski definition) is 4. The first-order valence-electron chi connectivity index (χ1n) is 8.53. The number of nitrogens with one attached hydrogen (secondary N) is 2. The van der Waals surface area contributed by atoms with Crippen molar-refractivity contribution in [2.75, 3.05) is 26.7 Å². The second-order valence-corrected chi connectivity index (χ2v) is 6.10. The molecule has 0 bridgehead atoms. The number of ether oxygens (including phenoxy) is 1. The number of guanidine groups is 1. The van der Waals surface area contributed by atoms with E-state index in [1.54, 1.807) is 38.3 Å². The van der Waals surface area contributed by atoms with Gasteiger partial charge < -0.3 is 24.9 Å². The summed E-state index contributed by atoms with van der Waals surface area (Å²) in [6, 6.07) is 9.63. The lowest BCUT2D eigenvalue weighted by atomic mass is 10.0. The van der Waals surface area contributed by atoms with Gasteiger partial charge in [-0.1, -0.05) is 12.1 Å². The molecular formula is C19H27FIN3O3. The Labute approximate surface area is 176 Å².